The average molecular weight is 292 g/mol. The first-order chi connectivity index (χ1) is 10.1. The second-order valence-electron chi connectivity index (χ2n) is 4.15. The van der Waals surface area contributed by atoms with E-state index in [2.05, 4.69) is 15.6 Å². The summed E-state index contributed by atoms with van der Waals surface area (Å²) >= 11 is 0. The second kappa shape index (κ2) is 6.51. The fourth-order valence-corrected chi connectivity index (χ4v) is 1.73. The summed E-state index contributed by atoms with van der Waals surface area (Å²) in [7, 11) is 0. The smallest absolute Gasteiger partial charge is 0.340 e. The maximum atomic E-state index is 13.4. The highest BCUT2D eigenvalue weighted by Crippen LogP contribution is 2.18. The number of benzene rings is 1. The predicted molar refractivity (Wildman–Crippen MR) is 72.6 cm³/mol. The number of halogens is 1. The van der Waals surface area contributed by atoms with Crippen LogP contribution >= 0.6 is 0 Å². The maximum absolute atomic E-state index is 13.4. The van der Waals surface area contributed by atoms with E-state index in [1.807, 2.05) is 0 Å². The Kier molecular flexibility index (Phi) is 4.50. The van der Waals surface area contributed by atoms with Gasteiger partial charge in [0.25, 0.3) is 0 Å². The number of carboxylic acids is 1. The van der Waals surface area contributed by atoms with Crippen molar-refractivity contribution in [2.75, 3.05) is 11.9 Å². The number of anilines is 1. The van der Waals surface area contributed by atoms with Gasteiger partial charge in [-0.05, 0) is 12.1 Å². The highest BCUT2D eigenvalue weighted by molar-refractivity contribution is 6.00. The molecule has 1 heterocycles. The van der Waals surface area contributed by atoms with E-state index >= 15 is 0 Å². The largest absolute Gasteiger partial charge is 0.478 e. The van der Waals surface area contributed by atoms with Crippen molar-refractivity contribution in [1.82, 2.24) is 14.9 Å². The molecule has 21 heavy (non-hydrogen) atoms. The fraction of sp³-hybridized carbons (Fsp3) is 0.154. The van der Waals surface area contributed by atoms with E-state index in [-0.39, 0.29) is 5.69 Å². The second-order valence-corrected chi connectivity index (χ2v) is 4.15. The van der Waals surface area contributed by atoms with Gasteiger partial charge in [0.15, 0.2) is 0 Å². The minimum atomic E-state index is -1.44. The molecule has 8 heteroatoms. The summed E-state index contributed by atoms with van der Waals surface area (Å²) < 4.78 is 15.2. The van der Waals surface area contributed by atoms with Crippen molar-refractivity contribution in [2.24, 2.45) is 0 Å². The number of aromatic nitrogens is 2. The summed E-state index contributed by atoms with van der Waals surface area (Å²) in [5.74, 6) is -2.35. The van der Waals surface area contributed by atoms with Crippen molar-refractivity contribution in [2.45, 2.75) is 6.54 Å². The van der Waals surface area contributed by atoms with Gasteiger partial charge in [-0.25, -0.2) is 19.0 Å². The van der Waals surface area contributed by atoms with E-state index in [0.717, 1.165) is 6.07 Å². The van der Waals surface area contributed by atoms with Crippen molar-refractivity contribution < 1.29 is 19.1 Å². The van der Waals surface area contributed by atoms with Crippen LogP contribution in [0.25, 0.3) is 0 Å². The molecule has 0 spiro atoms. The highest BCUT2D eigenvalue weighted by Gasteiger charge is 2.16. The topological polar surface area (TPSA) is 96.3 Å². The molecule has 110 valence electrons. The highest BCUT2D eigenvalue weighted by atomic mass is 19.1. The van der Waals surface area contributed by atoms with E-state index < -0.39 is 23.4 Å². The third-order valence-corrected chi connectivity index (χ3v) is 2.69. The Hall–Kier alpha value is -2.90. The van der Waals surface area contributed by atoms with Crippen molar-refractivity contribution in [3.05, 3.63) is 48.3 Å². The molecule has 3 N–H and O–H groups in total. The molecular formula is C13H13FN4O3. The van der Waals surface area contributed by atoms with Gasteiger partial charge < -0.3 is 20.3 Å². The molecule has 0 aliphatic rings. The van der Waals surface area contributed by atoms with Gasteiger partial charge in [-0.3, -0.25) is 0 Å². The quantitative estimate of drug-likeness (QED) is 0.779. The zero-order valence-corrected chi connectivity index (χ0v) is 10.9. The first kappa shape index (κ1) is 14.5. The van der Waals surface area contributed by atoms with Crippen molar-refractivity contribution in [3.63, 3.8) is 0 Å². The molecule has 2 amide bonds. The molecule has 0 bridgehead atoms. The van der Waals surface area contributed by atoms with Gasteiger partial charge in [0.05, 0.1) is 12.0 Å². The number of hydrogen-bond acceptors (Lipinski definition) is 3. The number of imidazole rings is 1. The van der Waals surface area contributed by atoms with Crippen LogP contribution in [-0.4, -0.2) is 33.2 Å². The Labute approximate surface area is 119 Å². The number of carbonyl (C=O) groups is 2. The molecule has 7 nitrogen and oxygen atoms in total. The molecule has 0 unspecified atom stereocenters. The van der Waals surface area contributed by atoms with Gasteiger partial charge in [-0.15, -0.1) is 0 Å². The van der Waals surface area contributed by atoms with Crippen LogP contribution in [0.4, 0.5) is 14.9 Å². The number of hydrogen-bond donors (Lipinski definition) is 3. The number of aromatic carboxylic acids is 1. The lowest BCUT2D eigenvalue weighted by Crippen LogP contribution is -2.32. The van der Waals surface area contributed by atoms with Crippen LogP contribution in [0.15, 0.2) is 36.9 Å². The molecule has 0 atom stereocenters. The summed E-state index contributed by atoms with van der Waals surface area (Å²) in [5, 5.41) is 13.8. The van der Waals surface area contributed by atoms with E-state index in [1.165, 1.54) is 12.1 Å². The number of carboxylic acid groups (broad SMARTS) is 1. The SMILES string of the molecule is O=C(NCCn1ccnc1)Nc1cccc(F)c1C(=O)O. The van der Waals surface area contributed by atoms with Gasteiger partial charge in [0.2, 0.25) is 0 Å². The molecule has 1 aromatic carbocycles. The number of nitrogens with zero attached hydrogens (tertiary/aromatic N) is 2. The van der Waals surface area contributed by atoms with Crippen molar-refractivity contribution in [3.8, 4) is 0 Å². The molecule has 2 aromatic rings. The van der Waals surface area contributed by atoms with Gasteiger partial charge >= 0.3 is 12.0 Å². The van der Waals surface area contributed by atoms with Gasteiger partial charge in [-0.1, -0.05) is 6.07 Å². The molecule has 0 radical (unpaired) electrons. The van der Waals surface area contributed by atoms with Crippen LogP contribution in [0, 0.1) is 5.82 Å². The first-order valence-corrected chi connectivity index (χ1v) is 6.10. The first-order valence-electron chi connectivity index (χ1n) is 6.10. The van der Waals surface area contributed by atoms with Crippen LogP contribution in [0.3, 0.4) is 0 Å². The summed E-state index contributed by atoms with van der Waals surface area (Å²) in [6, 6.07) is 3.05. The Bertz CT molecular complexity index is 643. The molecular weight excluding hydrogens is 279 g/mol. The summed E-state index contributed by atoms with van der Waals surface area (Å²) in [4.78, 5) is 26.5. The van der Waals surface area contributed by atoms with Gasteiger partial charge in [0.1, 0.15) is 11.4 Å². The molecule has 0 saturated heterocycles. The van der Waals surface area contributed by atoms with E-state index in [4.69, 9.17) is 5.11 Å². The van der Waals surface area contributed by atoms with Gasteiger partial charge in [0, 0.05) is 25.5 Å². The van der Waals surface area contributed by atoms with Crippen LogP contribution in [-0.2, 0) is 6.54 Å². The summed E-state index contributed by atoms with van der Waals surface area (Å²) in [6.07, 6.45) is 4.97. The number of amides is 2. The Balaban J connectivity index is 1.93. The number of carbonyl (C=O) groups excluding carboxylic acids is 1. The molecule has 0 fully saturated rings. The summed E-state index contributed by atoms with van der Waals surface area (Å²) in [6.45, 7) is 0.836. The zero-order chi connectivity index (χ0) is 15.2. The average Bonchev–Trinajstić information content (AvgIpc) is 2.91. The summed E-state index contributed by atoms with van der Waals surface area (Å²) in [5.41, 5.74) is -0.662. The fourth-order valence-electron chi connectivity index (χ4n) is 1.73. The number of nitrogens with one attached hydrogen (secondary N) is 2. The standard InChI is InChI=1S/C13H13FN4O3/c14-9-2-1-3-10(11(9)12(19)20)17-13(21)16-5-7-18-6-4-15-8-18/h1-4,6,8H,5,7H2,(H,19,20)(H2,16,17,21). The zero-order valence-electron chi connectivity index (χ0n) is 10.9. The Morgan fingerprint density at radius 1 is 1.38 bits per heavy atom. The van der Waals surface area contributed by atoms with E-state index in [9.17, 15) is 14.0 Å². The van der Waals surface area contributed by atoms with Crippen LogP contribution in [0.2, 0.25) is 0 Å². The minimum Gasteiger partial charge on any atom is -0.478 e. The van der Waals surface area contributed by atoms with Crippen LogP contribution < -0.4 is 10.6 Å². The van der Waals surface area contributed by atoms with E-state index in [1.54, 1.807) is 23.3 Å². The third-order valence-electron chi connectivity index (χ3n) is 2.69. The van der Waals surface area contributed by atoms with Crippen LogP contribution in [0.5, 0.6) is 0 Å². The predicted octanol–water partition coefficient (Wildman–Crippen LogP) is 1.54. The third kappa shape index (κ3) is 3.78. The Morgan fingerprint density at radius 2 is 2.19 bits per heavy atom. The molecule has 0 saturated carbocycles. The van der Waals surface area contributed by atoms with E-state index in [0.29, 0.717) is 13.1 Å². The molecule has 2 rings (SSSR count). The lowest BCUT2D eigenvalue weighted by atomic mass is 10.1. The van der Waals surface area contributed by atoms with Crippen molar-refractivity contribution >= 4 is 17.7 Å². The lowest BCUT2D eigenvalue weighted by molar-refractivity contribution is 0.0693. The molecule has 1 aromatic heterocycles. The van der Waals surface area contributed by atoms with Gasteiger partial charge in [-0.2, -0.15) is 0 Å². The maximum Gasteiger partial charge on any atom is 0.340 e. The monoisotopic (exact) mass is 292 g/mol. The molecule has 0 aliphatic heterocycles. The Morgan fingerprint density at radius 3 is 2.86 bits per heavy atom. The van der Waals surface area contributed by atoms with Crippen molar-refractivity contribution in [1.29, 1.82) is 0 Å². The minimum absolute atomic E-state index is 0.0948. The lowest BCUT2D eigenvalue weighted by Gasteiger charge is -2.10. The van der Waals surface area contributed by atoms with Crippen LogP contribution in [0.1, 0.15) is 10.4 Å². The number of rotatable bonds is 5. The number of urea groups is 1. The molecule has 0 aliphatic carbocycles. The normalized spacial score (nSPS) is 10.1.